The fourth-order valence-electron chi connectivity index (χ4n) is 2.47. The molecule has 0 heterocycles. The van der Waals surface area contributed by atoms with Gasteiger partial charge in [0.15, 0.2) is 0 Å². The molecule has 0 fully saturated rings. The highest BCUT2D eigenvalue weighted by Crippen LogP contribution is 2.32. The van der Waals surface area contributed by atoms with Crippen LogP contribution in [0.15, 0.2) is 54.6 Å². The first kappa shape index (κ1) is 20.3. The van der Waals surface area contributed by atoms with Gasteiger partial charge in [-0.05, 0) is 31.5 Å². The van der Waals surface area contributed by atoms with E-state index in [1.165, 1.54) is 11.8 Å². The van der Waals surface area contributed by atoms with Gasteiger partial charge in [0.1, 0.15) is 15.3 Å². The lowest BCUT2D eigenvalue weighted by Gasteiger charge is -2.24. The first-order chi connectivity index (χ1) is 12.6. The lowest BCUT2D eigenvalue weighted by molar-refractivity contribution is -0.115. The Kier molecular flexibility index (Phi) is 7.94. The lowest BCUT2D eigenvalue weighted by atomic mass is 10.1. The minimum Gasteiger partial charge on any atom is -0.497 e. The van der Waals surface area contributed by atoms with Crippen molar-refractivity contribution in [1.82, 2.24) is 4.90 Å². The van der Waals surface area contributed by atoms with Gasteiger partial charge in [0, 0.05) is 24.8 Å². The largest absolute Gasteiger partial charge is 0.497 e. The summed E-state index contributed by atoms with van der Waals surface area (Å²) in [6, 6.07) is 17.0. The van der Waals surface area contributed by atoms with Gasteiger partial charge in [-0.3, -0.25) is 4.79 Å². The monoisotopic (exact) mass is 388 g/mol. The number of carbonyl (C=O) groups is 1. The van der Waals surface area contributed by atoms with E-state index in [0.717, 1.165) is 23.0 Å². The number of ether oxygens (including phenoxy) is 1. The Morgan fingerprint density at radius 1 is 1.15 bits per heavy atom. The van der Waals surface area contributed by atoms with E-state index in [-0.39, 0.29) is 5.91 Å². The zero-order valence-electron chi connectivity index (χ0n) is 15.3. The number of thiocarbonyl (C=S) groups is 1. The number of hydrogen-bond donors (Lipinski definition) is 1. The molecule has 2 aromatic rings. The zero-order valence-corrected chi connectivity index (χ0v) is 16.9. The number of nitrogens with zero attached hydrogens (tertiary/aromatic N) is 1. The maximum atomic E-state index is 13.0. The molecule has 0 aliphatic rings. The van der Waals surface area contributed by atoms with Crippen LogP contribution < -0.4 is 10.1 Å². The molecule has 0 aliphatic carbocycles. The Labute approximate surface area is 164 Å². The molecule has 2 aromatic carbocycles. The number of amides is 1. The maximum absolute atomic E-state index is 13.0. The van der Waals surface area contributed by atoms with Crippen molar-refractivity contribution in [3.05, 3.63) is 60.2 Å². The van der Waals surface area contributed by atoms with Crippen molar-refractivity contribution in [2.75, 3.05) is 25.5 Å². The highest BCUT2D eigenvalue weighted by Gasteiger charge is 2.24. The molecule has 138 valence electrons. The molecule has 0 spiro atoms. The average Bonchev–Trinajstić information content (AvgIpc) is 2.67. The Hall–Kier alpha value is -2.05. The van der Waals surface area contributed by atoms with Crippen LogP contribution in [0.1, 0.15) is 24.7 Å². The summed E-state index contributed by atoms with van der Waals surface area (Å²) < 4.78 is 5.95. The zero-order chi connectivity index (χ0) is 18.9. The minimum absolute atomic E-state index is 0.107. The van der Waals surface area contributed by atoms with E-state index in [1.807, 2.05) is 48.5 Å². The normalized spacial score (nSPS) is 11.5. The summed E-state index contributed by atoms with van der Waals surface area (Å²) in [5.74, 6) is 0.592. The van der Waals surface area contributed by atoms with Crippen molar-refractivity contribution >= 4 is 39.9 Å². The predicted octanol–water partition coefficient (Wildman–Crippen LogP) is 4.73. The molecule has 0 aromatic heterocycles. The molecule has 0 saturated carbocycles. The molecule has 0 unspecified atom stereocenters. The van der Waals surface area contributed by atoms with Crippen LogP contribution in [0.5, 0.6) is 5.75 Å². The molecule has 4 nitrogen and oxygen atoms in total. The highest BCUT2D eigenvalue weighted by atomic mass is 32.2. The van der Waals surface area contributed by atoms with Crippen LogP contribution in [-0.2, 0) is 4.79 Å². The Balaban J connectivity index is 2.22. The summed E-state index contributed by atoms with van der Waals surface area (Å²) in [7, 11) is 1.60. The van der Waals surface area contributed by atoms with Crippen molar-refractivity contribution in [2.45, 2.75) is 19.1 Å². The summed E-state index contributed by atoms with van der Waals surface area (Å²) in [6.45, 7) is 5.76. The first-order valence-electron chi connectivity index (χ1n) is 8.54. The Bertz CT molecular complexity index is 734. The van der Waals surface area contributed by atoms with Crippen LogP contribution in [-0.4, -0.2) is 35.3 Å². The maximum Gasteiger partial charge on any atom is 0.242 e. The standard InChI is InChI=1S/C20H24N2O2S2/c1-4-22(5-2)20(25)26-18(15-10-7-6-8-11-15)19(23)21-16-12-9-13-17(14-16)24-3/h6-14,18H,4-5H2,1-3H3,(H,21,23)/t18-/m0/s1. The van der Waals surface area contributed by atoms with Gasteiger partial charge in [-0.2, -0.15) is 0 Å². The van der Waals surface area contributed by atoms with E-state index < -0.39 is 5.25 Å². The smallest absolute Gasteiger partial charge is 0.242 e. The van der Waals surface area contributed by atoms with E-state index in [4.69, 9.17) is 17.0 Å². The van der Waals surface area contributed by atoms with Gasteiger partial charge < -0.3 is 15.0 Å². The van der Waals surface area contributed by atoms with Crippen LogP contribution in [0.3, 0.4) is 0 Å². The second-order valence-electron chi connectivity index (χ2n) is 5.57. The third-order valence-electron chi connectivity index (χ3n) is 3.92. The molecule has 2 rings (SSSR count). The van der Waals surface area contributed by atoms with E-state index in [1.54, 1.807) is 13.2 Å². The number of hydrogen-bond acceptors (Lipinski definition) is 4. The van der Waals surface area contributed by atoms with E-state index in [0.29, 0.717) is 11.4 Å². The third-order valence-corrected chi connectivity index (χ3v) is 5.65. The van der Waals surface area contributed by atoms with Crippen molar-refractivity contribution in [3.63, 3.8) is 0 Å². The highest BCUT2D eigenvalue weighted by molar-refractivity contribution is 8.23. The van der Waals surface area contributed by atoms with Gasteiger partial charge in [0.05, 0.1) is 7.11 Å². The molecule has 1 atom stereocenters. The van der Waals surface area contributed by atoms with Gasteiger partial charge in [0.25, 0.3) is 0 Å². The molecule has 1 N–H and O–H groups in total. The summed E-state index contributed by atoms with van der Waals surface area (Å²) in [5, 5.41) is 2.56. The molecular weight excluding hydrogens is 364 g/mol. The quantitative estimate of drug-likeness (QED) is 0.694. The van der Waals surface area contributed by atoms with E-state index in [9.17, 15) is 4.79 Å². The number of carbonyl (C=O) groups excluding carboxylic acids is 1. The van der Waals surface area contributed by atoms with Gasteiger partial charge in [-0.1, -0.05) is 60.4 Å². The summed E-state index contributed by atoms with van der Waals surface area (Å²) in [5.41, 5.74) is 1.62. The van der Waals surface area contributed by atoms with Crippen LogP contribution >= 0.6 is 24.0 Å². The Morgan fingerprint density at radius 3 is 2.46 bits per heavy atom. The number of rotatable bonds is 7. The summed E-state index contributed by atoms with van der Waals surface area (Å²) >= 11 is 6.97. The SMILES string of the molecule is CCN(CC)C(=S)S[C@H](C(=O)Nc1cccc(OC)c1)c1ccccc1. The molecular formula is C20H24N2O2S2. The molecule has 0 saturated heterocycles. The lowest BCUT2D eigenvalue weighted by Crippen LogP contribution is -2.29. The van der Waals surface area contributed by atoms with E-state index >= 15 is 0 Å². The fraction of sp³-hybridized carbons (Fsp3) is 0.300. The number of nitrogens with one attached hydrogen (secondary N) is 1. The summed E-state index contributed by atoms with van der Waals surface area (Å²) in [4.78, 5) is 15.1. The second-order valence-corrected chi connectivity index (χ2v) is 7.31. The van der Waals surface area contributed by atoms with Crippen molar-refractivity contribution in [3.8, 4) is 5.75 Å². The molecule has 6 heteroatoms. The van der Waals surface area contributed by atoms with Crippen LogP contribution in [0, 0.1) is 0 Å². The topological polar surface area (TPSA) is 41.6 Å². The molecule has 26 heavy (non-hydrogen) atoms. The van der Waals surface area contributed by atoms with Crippen LogP contribution in [0.2, 0.25) is 0 Å². The first-order valence-corrected chi connectivity index (χ1v) is 9.83. The molecule has 1 amide bonds. The molecule has 0 bridgehead atoms. The molecule has 0 aliphatic heterocycles. The second kappa shape index (κ2) is 10.2. The number of benzene rings is 2. The van der Waals surface area contributed by atoms with Gasteiger partial charge >= 0.3 is 0 Å². The van der Waals surface area contributed by atoms with Crippen LogP contribution in [0.25, 0.3) is 0 Å². The van der Waals surface area contributed by atoms with E-state index in [2.05, 4.69) is 24.1 Å². The Morgan fingerprint density at radius 2 is 1.85 bits per heavy atom. The van der Waals surface area contributed by atoms with Crippen molar-refractivity contribution < 1.29 is 9.53 Å². The predicted molar refractivity (Wildman–Crippen MR) is 114 cm³/mol. The minimum atomic E-state index is -0.421. The summed E-state index contributed by atoms with van der Waals surface area (Å²) in [6.07, 6.45) is 0. The number of methoxy groups -OCH3 is 1. The third kappa shape index (κ3) is 5.47. The number of thioether (sulfide) groups is 1. The van der Waals surface area contributed by atoms with Crippen molar-refractivity contribution in [2.24, 2.45) is 0 Å². The van der Waals surface area contributed by atoms with Gasteiger partial charge in [-0.25, -0.2) is 0 Å². The van der Waals surface area contributed by atoms with Crippen molar-refractivity contribution in [1.29, 1.82) is 0 Å². The van der Waals surface area contributed by atoms with Gasteiger partial charge in [-0.15, -0.1) is 0 Å². The van der Waals surface area contributed by atoms with Gasteiger partial charge in [0.2, 0.25) is 5.91 Å². The number of anilines is 1. The van der Waals surface area contributed by atoms with Crippen LogP contribution in [0.4, 0.5) is 5.69 Å². The molecule has 0 radical (unpaired) electrons. The average molecular weight is 389 g/mol. The fourth-order valence-corrected chi connectivity index (χ4v) is 4.08.